The Morgan fingerprint density at radius 3 is 2.41 bits per heavy atom. The molecule has 7 heteroatoms. The minimum Gasteiger partial charge on any atom is -0.459 e. The standard InChI is InChI=1S/C25H44O6S/c1-4-6-8-19(10-12-20(28)11-9-18(3)22(29)13-14-26)21-17-24(25(30)31-16-15-27)32-23(21)7-5-2/h17-19,21-23,26-27,29H,4-16H2,1-3H3/t18-,19?,21?,22+,23?/m0/s1. The molecule has 0 aromatic rings. The number of aliphatic hydroxyl groups is 3. The molecule has 0 aromatic carbocycles. The summed E-state index contributed by atoms with van der Waals surface area (Å²) < 4.78 is 5.13. The van der Waals surface area contributed by atoms with Crippen molar-refractivity contribution < 1.29 is 29.6 Å². The van der Waals surface area contributed by atoms with Crippen LogP contribution >= 0.6 is 11.8 Å². The summed E-state index contributed by atoms with van der Waals surface area (Å²) in [6.07, 6.45) is 9.55. The first kappa shape index (κ1) is 29.1. The molecule has 32 heavy (non-hydrogen) atoms. The molecule has 0 aromatic heterocycles. The molecule has 1 heterocycles. The summed E-state index contributed by atoms with van der Waals surface area (Å²) in [6, 6.07) is 0. The molecule has 0 saturated carbocycles. The third-order valence-corrected chi connectivity index (χ3v) is 7.79. The molecule has 1 aliphatic heterocycles. The quantitative estimate of drug-likeness (QED) is 0.256. The maximum absolute atomic E-state index is 12.6. The van der Waals surface area contributed by atoms with Gasteiger partial charge in [0.05, 0.1) is 17.6 Å². The molecule has 186 valence electrons. The molecule has 0 bridgehead atoms. The fourth-order valence-electron chi connectivity index (χ4n) is 4.33. The van der Waals surface area contributed by atoms with Crippen LogP contribution in [-0.4, -0.2) is 58.2 Å². The zero-order chi connectivity index (χ0) is 23.9. The van der Waals surface area contributed by atoms with E-state index in [1.54, 1.807) is 11.8 Å². The summed E-state index contributed by atoms with van der Waals surface area (Å²) in [5, 5.41) is 28.2. The van der Waals surface area contributed by atoms with Crippen molar-refractivity contribution in [2.24, 2.45) is 17.8 Å². The number of ketones is 1. The molecule has 5 atom stereocenters. The van der Waals surface area contributed by atoms with E-state index >= 15 is 0 Å². The van der Waals surface area contributed by atoms with Gasteiger partial charge in [0.1, 0.15) is 12.4 Å². The van der Waals surface area contributed by atoms with Gasteiger partial charge in [0.2, 0.25) is 0 Å². The van der Waals surface area contributed by atoms with Gasteiger partial charge in [-0.05, 0) is 49.9 Å². The summed E-state index contributed by atoms with van der Waals surface area (Å²) in [5.41, 5.74) is 0. The molecule has 3 N–H and O–H groups in total. The molecule has 3 unspecified atom stereocenters. The number of aliphatic hydroxyl groups excluding tert-OH is 3. The predicted octanol–water partition coefficient (Wildman–Crippen LogP) is 4.25. The van der Waals surface area contributed by atoms with Crippen molar-refractivity contribution in [2.75, 3.05) is 19.8 Å². The Kier molecular flexibility index (Phi) is 15.2. The molecular weight excluding hydrogens is 428 g/mol. The van der Waals surface area contributed by atoms with Crippen molar-refractivity contribution >= 4 is 23.5 Å². The smallest absolute Gasteiger partial charge is 0.344 e. The van der Waals surface area contributed by atoms with E-state index in [9.17, 15) is 14.7 Å². The molecule has 0 radical (unpaired) electrons. The van der Waals surface area contributed by atoms with Crippen LogP contribution in [0, 0.1) is 17.8 Å². The van der Waals surface area contributed by atoms with Crippen molar-refractivity contribution in [2.45, 2.75) is 96.3 Å². The van der Waals surface area contributed by atoms with Gasteiger partial charge in [-0.1, -0.05) is 46.1 Å². The van der Waals surface area contributed by atoms with E-state index in [0.717, 1.165) is 38.5 Å². The molecule has 0 saturated heterocycles. The molecule has 1 rings (SSSR count). The zero-order valence-electron chi connectivity index (χ0n) is 20.1. The van der Waals surface area contributed by atoms with Gasteiger partial charge < -0.3 is 20.1 Å². The Labute approximate surface area is 198 Å². The highest BCUT2D eigenvalue weighted by Gasteiger charge is 2.36. The maximum atomic E-state index is 12.6. The molecule has 0 fully saturated rings. The number of esters is 1. The van der Waals surface area contributed by atoms with Crippen LogP contribution < -0.4 is 0 Å². The molecule has 0 aliphatic carbocycles. The van der Waals surface area contributed by atoms with E-state index in [2.05, 4.69) is 19.9 Å². The van der Waals surface area contributed by atoms with Crippen molar-refractivity contribution in [1.82, 2.24) is 0 Å². The largest absolute Gasteiger partial charge is 0.459 e. The van der Waals surface area contributed by atoms with Crippen molar-refractivity contribution in [3.05, 3.63) is 11.0 Å². The molecule has 1 aliphatic rings. The maximum Gasteiger partial charge on any atom is 0.344 e. The first-order valence-electron chi connectivity index (χ1n) is 12.3. The predicted molar refractivity (Wildman–Crippen MR) is 129 cm³/mol. The number of hydrogen-bond acceptors (Lipinski definition) is 7. The summed E-state index contributed by atoms with van der Waals surface area (Å²) in [6.45, 7) is 6.03. The number of thioether (sulfide) groups is 1. The Hall–Kier alpha value is -0.890. The molecule has 6 nitrogen and oxygen atoms in total. The number of carbonyl (C=O) groups excluding carboxylic acids is 2. The highest BCUT2D eigenvalue weighted by Crippen LogP contribution is 2.45. The second-order valence-corrected chi connectivity index (χ2v) is 10.3. The van der Waals surface area contributed by atoms with E-state index in [-0.39, 0.29) is 43.4 Å². The van der Waals surface area contributed by atoms with Crippen molar-refractivity contribution in [3.8, 4) is 0 Å². The van der Waals surface area contributed by atoms with Crippen LogP contribution in [0.25, 0.3) is 0 Å². The summed E-state index contributed by atoms with van der Waals surface area (Å²) in [5.74, 6) is 0.467. The fourth-order valence-corrected chi connectivity index (χ4v) is 5.86. The van der Waals surface area contributed by atoms with Gasteiger partial charge in [-0.3, -0.25) is 4.79 Å². The number of unbranched alkanes of at least 4 members (excludes halogenated alkanes) is 1. The van der Waals surface area contributed by atoms with Crippen LogP contribution in [0.15, 0.2) is 11.0 Å². The Bertz CT molecular complexity index is 579. The summed E-state index contributed by atoms with van der Waals surface area (Å²) in [4.78, 5) is 25.6. The van der Waals surface area contributed by atoms with Crippen LogP contribution in [0.1, 0.15) is 85.0 Å². The highest BCUT2D eigenvalue weighted by atomic mass is 32.2. The first-order chi connectivity index (χ1) is 15.4. The van der Waals surface area contributed by atoms with Gasteiger partial charge >= 0.3 is 5.97 Å². The number of carbonyl (C=O) groups is 2. The normalized spacial score (nSPS) is 21.1. The van der Waals surface area contributed by atoms with E-state index in [1.165, 1.54) is 0 Å². The average Bonchev–Trinajstić information content (AvgIpc) is 3.20. The number of Topliss-reactive ketones (excluding diaryl/α,β-unsaturated/α-hetero) is 1. The van der Waals surface area contributed by atoms with Crippen LogP contribution in [0.5, 0.6) is 0 Å². The van der Waals surface area contributed by atoms with Crippen LogP contribution in [0.3, 0.4) is 0 Å². The second-order valence-electron chi connectivity index (χ2n) is 8.99. The van der Waals surface area contributed by atoms with Crippen molar-refractivity contribution in [3.63, 3.8) is 0 Å². The van der Waals surface area contributed by atoms with Gasteiger partial charge in [0.25, 0.3) is 0 Å². The average molecular weight is 473 g/mol. The van der Waals surface area contributed by atoms with Gasteiger partial charge in [-0.25, -0.2) is 4.79 Å². The van der Waals surface area contributed by atoms with Crippen molar-refractivity contribution in [1.29, 1.82) is 0 Å². The van der Waals surface area contributed by atoms with E-state index in [0.29, 0.717) is 41.8 Å². The first-order valence-corrected chi connectivity index (χ1v) is 13.2. The zero-order valence-corrected chi connectivity index (χ0v) is 20.9. The lowest BCUT2D eigenvalue weighted by Gasteiger charge is -2.27. The summed E-state index contributed by atoms with van der Waals surface area (Å²) >= 11 is 1.59. The number of rotatable bonds is 18. The third kappa shape index (κ3) is 10.4. The number of ether oxygens (including phenoxy) is 1. The topological polar surface area (TPSA) is 104 Å². The van der Waals surface area contributed by atoms with Gasteiger partial charge in [0.15, 0.2) is 0 Å². The fraction of sp³-hybridized carbons (Fsp3) is 0.840. The van der Waals surface area contributed by atoms with E-state index in [4.69, 9.17) is 14.9 Å². The Balaban J connectivity index is 2.74. The monoisotopic (exact) mass is 472 g/mol. The van der Waals surface area contributed by atoms with E-state index < -0.39 is 6.10 Å². The van der Waals surface area contributed by atoms with Crippen LogP contribution in [-0.2, 0) is 14.3 Å². The van der Waals surface area contributed by atoms with Crippen LogP contribution in [0.2, 0.25) is 0 Å². The second kappa shape index (κ2) is 16.7. The lowest BCUT2D eigenvalue weighted by molar-refractivity contribution is -0.139. The Morgan fingerprint density at radius 1 is 1.06 bits per heavy atom. The lowest BCUT2D eigenvalue weighted by Crippen LogP contribution is -2.23. The Morgan fingerprint density at radius 2 is 1.78 bits per heavy atom. The lowest BCUT2D eigenvalue weighted by atomic mass is 9.80. The third-order valence-electron chi connectivity index (χ3n) is 6.38. The SMILES string of the molecule is CCCCC(CCC(=O)CC[C@H](C)[C@H](O)CCO)C1C=C(C(=O)OCCO)SC1CCC. The number of allylic oxidation sites excluding steroid dienone is 1. The molecule has 0 amide bonds. The van der Waals surface area contributed by atoms with E-state index in [1.807, 2.05) is 6.92 Å². The molecular formula is C25H44O6S. The minimum atomic E-state index is -0.565. The summed E-state index contributed by atoms with van der Waals surface area (Å²) in [7, 11) is 0. The van der Waals surface area contributed by atoms with Crippen LogP contribution in [0.4, 0.5) is 0 Å². The van der Waals surface area contributed by atoms with Gasteiger partial charge in [-0.15, -0.1) is 11.8 Å². The number of hydrogen-bond donors (Lipinski definition) is 3. The van der Waals surface area contributed by atoms with Gasteiger partial charge in [-0.2, -0.15) is 0 Å². The molecule has 0 spiro atoms. The highest BCUT2D eigenvalue weighted by molar-refractivity contribution is 8.04. The van der Waals surface area contributed by atoms with Gasteiger partial charge in [0, 0.05) is 24.7 Å². The minimum absolute atomic E-state index is 0.00224.